The molecule has 2 aliphatic rings. The second-order valence-corrected chi connectivity index (χ2v) is 9.10. The van der Waals surface area contributed by atoms with E-state index >= 15 is 0 Å². The molecule has 1 fully saturated rings. The summed E-state index contributed by atoms with van der Waals surface area (Å²) in [4.78, 5) is 31.1. The molecule has 4 rings (SSSR count). The van der Waals surface area contributed by atoms with Crippen LogP contribution in [0.5, 0.6) is 0 Å². The van der Waals surface area contributed by atoms with E-state index in [9.17, 15) is 9.59 Å². The number of nitrogens with one attached hydrogen (secondary N) is 1. The van der Waals surface area contributed by atoms with Crippen molar-refractivity contribution < 1.29 is 9.59 Å². The van der Waals surface area contributed by atoms with E-state index in [4.69, 9.17) is 5.73 Å². The van der Waals surface area contributed by atoms with Gasteiger partial charge >= 0.3 is 0 Å². The summed E-state index contributed by atoms with van der Waals surface area (Å²) in [5, 5.41) is 3.22. The number of carbonyl (C=O) groups is 2. The first kappa shape index (κ1) is 21.5. The molecule has 0 saturated heterocycles. The highest BCUT2D eigenvalue weighted by atomic mass is 16.2. The first-order valence-electron chi connectivity index (χ1n) is 11.2. The number of nitrogens with zero attached hydrogens (tertiary/aromatic N) is 2. The Balaban J connectivity index is 1.27. The number of hydrogen-bond acceptors (Lipinski definition) is 4. The van der Waals surface area contributed by atoms with Crippen molar-refractivity contribution >= 4 is 11.8 Å². The number of nitrogens with two attached hydrogens (primary N) is 1. The minimum Gasteiger partial charge on any atom is -0.366 e. The summed E-state index contributed by atoms with van der Waals surface area (Å²) in [6, 6.07) is 12.0. The molecule has 6 nitrogen and oxygen atoms in total. The lowest BCUT2D eigenvalue weighted by molar-refractivity contribution is -0.126. The van der Waals surface area contributed by atoms with Gasteiger partial charge in [0.15, 0.2) is 0 Å². The highest BCUT2D eigenvalue weighted by molar-refractivity contribution is 5.93. The van der Waals surface area contributed by atoms with Crippen LogP contribution < -0.4 is 11.1 Å². The maximum atomic E-state index is 12.9. The highest BCUT2D eigenvalue weighted by Gasteiger charge is 2.30. The topological polar surface area (TPSA) is 88.3 Å². The summed E-state index contributed by atoms with van der Waals surface area (Å²) in [5.74, 6) is 0.627. The van der Waals surface area contributed by atoms with Crippen molar-refractivity contribution in [2.24, 2.45) is 11.7 Å². The number of benzene rings is 1. The Kier molecular flexibility index (Phi) is 6.37. The Hall–Kier alpha value is -2.73. The van der Waals surface area contributed by atoms with Gasteiger partial charge in [0.05, 0.1) is 17.3 Å². The van der Waals surface area contributed by atoms with Gasteiger partial charge in [-0.1, -0.05) is 24.3 Å². The fraction of sp³-hybridized carbons (Fsp3) is 0.480. The van der Waals surface area contributed by atoms with Gasteiger partial charge in [-0.3, -0.25) is 19.5 Å². The van der Waals surface area contributed by atoms with Gasteiger partial charge in [0, 0.05) is 24.7 Å². The Morgan fingerprint density at radius 2 is 1.81 bits per heavy atom. The first-order chi connectivity index (χ1) is 14.9. The quantitative estimate of drug-likeness (QED) is 0.778. The maximum Gasteiger partial charge on any atom is 0.250 e. The number of hydrogen-bond donors (Lipinski definition) is 2. The molecule has 2 aromatic rings. The SMILES string of the molecule is Cc1nc(C2CCC(CNC(=O)[C@H]3Cc4ccccc4CN3C)CC2)ccc1C(N)=O. The minimum atomic E-state index is -0.428. The lowest BCUT2D eigenvalue weighted by Crippen LogP contribution is -2.49. The number of aromatic nitrogens is 1. The highest BCUT2D eigenvalue weighted by Crippen LogP contribution is 2.35. The molecule has 1 atom stereocenters. The average Bonchev–Trinajstić information content (AvgIpc) is 2.77. The van der Waals surface area contributed by atoms with Gasteiger partial charge in [-0.15, -0.1) is 0 Å². The van der Waals surface area contributed by atoms with Crippen molar-refractivity contribution in [3.63, 3.8) is 0 Å². The summed E-state index contributed by atoms with van der Waals surface area (Å²) >= 11 is 0. The standard InChI is InChI=1S/C25H32N4O2/c1-16-21(24(26)30)11-12-22(28-16)18-9-7-17(8-10-18)14-27-25(31)23-13-19-5-3-4-6-20(19)15-29(23)2/h3-6,11-12,17-18,23H,7-10,13-15H2,1-2H3,(H2,26,30)(H,27,31)/t17?,18?,23-/m1/s1. The maximum absolute atomic E-state index is 12.9. The zero-order valence-electron chi connectivity index (χ0n) is 18.4. The lowest BCUT2D eigenvalue weighted by atomic mass is 9.80. The number of likely N-dealkylation sites (N-methyl/N-ethyl adjacent to an activating group) is 1. The number of rotatable bonds is 5. The molecule has 0 spiro atoms. The smallest absolute Gasteiger partial charge is 0.250 e. The molecular formula is C25H32N4O2. The van der Waals surface area contributed by atoms with E-state index in [0.29, 0.717) is 23.1 Å². The first-order valence-corrected chi connectivity index (χ1v) is 11.2. The van der Waals surface area contributed by atoms with E-state index in [-0.39, 0.29) is 11.9 Å². The number of carbonyl (C=O) groups excluding carboxylic acids is 2. The normalized spacial score (nSPS) is 23.7. The molecule has 1 aromatic heterocycles. The van der Waals surface area contributed by atoms with E-state index in [1.165, 1.54) is 11.1 Å². The molecular weight excluding hydrogens is 388 g/mol. The number of amides is 2. The number of fused-ring (bicyclic) bond motifs is 1. The van der Waals surface area contributed by atoms with Crippen molar-refractivity contribution in [2.45, 2.75) is 57.5 Å². The van der Waals surface area contributed by atoms with Crippen LogP contribution in [-0.4, -0.2) is 41.3 Å². The summed E-state index contributed by atoms with van der Waals surface area (Å²) in [6.45, 7) is 3.40. The van der Waals surface area contributed by atoms with Gasteiger partial charge in [0.1, 0.15) is 0 Å². The minimum absolute atomic E-state index is 0.0952. The Bertz CT molecular complexity index is 966. The number of aryl methyl sites for hydroxylation is 1. The van der Waals surface area contributed by atoms with Crippen LogP contribution in [0.25, 0.3) is 0 Å². The van der Waals surface area contributed by atoms with Gasteiger partial charge in [-0.2, -0.15) is 0 Å². The molecule has 1 aromatic carbocycles. The zero-order valence-corrected chi connectivity index (χ0v) is 18.4. The molecule has 31 heavy (non-hydrogen) atoms. The Labute approximate surface area is 184 Å². The average molecular weight is 421 g/mol. The van der Waals surface area contributed by atoms with Crippen molar-refractivity contribution in [1.82, 2.24) is 15.2 Å². The predicted molar refractivity (Wildman–Crippen MR) is 121 cm³/mol. The van der Waals surface area contributed by atoms with Crippen LogP contribution in [0.4, 0.5) is 0 Å². The van der Waals surface area contributed by atoms with E-state index in [2.05, 4.69) is 39.5 Å². The second-order valence-electron chi connectivity index (χ2n) is 9.10. The fourth-order valence-corrected chi connectivity index (χ4v) is 5.04. The second kappa shape index (κ2) is 9.18. The third kappa shape index (κ3) is 4.79. The van der Waals surface area contributed by atoms with Crippen LogP contribution in [-0.2, 0) is 17.8 Å². The van der Waals surface area contributed by atoms with Crippen LogP contribution >= 0.6 is 0 Å². The molecule has 1 aliphatic heterocycles. The fourth-order valence-electron chi connectivity index (χ4n) is 5.04. The van der Waals surface area contributed by atoms with Crippen LogP contribution in [0, 0.1) is 12.8 Å². The molecule has 0 bridgehead atoms. The van der Waals surface area contributed by atoms with E-state index < -0.39 is 5.91 Å². The summed E-state index contributed by atoms with van der Waals surface area (Å²) < 4.78 is 0. The van der Waals surface area contributed by atoms with Gasteiger partial charge in [-0.25, -0.2) is 0 Å². The predicted octanol–water partition coefficient (Wildman–Crippen LogP) is 2.94. The number of pyridine rings is 1. The monoisotopic (exact) mass is 420 g/mol. The molecule has 6 heteroatoms. The molecule has 0 unspecified atom stereocenters. The Morgan fingerprint density at radius 1 is 1.10 bits per heavy atom. The molecule has 2 heterocycles. The van der Waals surface area contributed by atoms with Crippen LogP contribution in [0.3, 0.4) is 0 Å². The van der Waals surface area contributed by atoms with Gasteiger partial charge in [0.25, 0.3) is 5.91 Å². The van der Waals surface area contributed by atoms with Crippen LogP contribution in [0.2, 0.25) is 0 Å². The van der Waals surface area contributed by atoms with Crippen molar-refractivity contribution in [2.75, 3.05) is 13.6 Å². The largest absolute Gasteiger partial charge is 0.366 e. The molecule has 1 aliphatic carbocycles. The lowest BCUT2D eigenvalue weighted by Gasteiger charge is -2.34. The Morgan fingerprint density at radius 3 is 2.48 bits per heavy atom. The summed E-state index contributed by atoms with van der Waals surface area (Å²) in [7, 11) is 2.03. The third-order valence-electron chi connectivity index (χ3n) is 6.99. The molecule has 164 valence electrons. The third-order valence-corrected chi connectivity index (χ3v) is 6.99. The molecule has 3 N–H and O–H groups in total. The van der Waals surface area contributed by atoms with E-state index in [0.717, 1.165) is 50.9 Å². The van der Waals surface area contributed by atoms with Crippen LogP contribution in [0.1, 0.15) is 64.5 Å². The van der Waals surface area contributed by atoms with E-state index in [1.54, 1.807) is 6.07 Å². The van der Waals surface area contributed by atoms with Crippen LogP contribution in [0.15, 0.2) is 36.4 Å². The zero-order chi connectivity index (χ0) is 22.0. The molecule has 0 radical (unpaired) electrons. The van der Waals surface area contributed by atoms with Crippen molar-refractivity contribution in [3.05, 3.63) is 64.5 Å². The van der Waals surface area contributed by atoms with Crippen molar-refractivity contribution in [3.8, 4) is 0 Å². The summed E-state index contributed by atoms with van der Waals surface area (Å²) in [6.07, 6.45) is 5.04. The van der Waals surface area contributed by atoms with E-state index in [1.807, 2.05) is 20.0 Å². The van der Waals surface area contributed by atoms with Gasteiger partial charge in [-0.05, 0) is 75.3 Å². The summed E-state index contributed by atoms with van der Waals surface area (Å²) in [5.41, 5.74) is 10.2. The number of primary amides is 1. The van der Waals surface area contributed by atoms with Gasteiger partial charge in [0.2, 0.25) is 5.91 Å². The van der Waals surface area contributed by atoms with Gasteiger partial charge < -0.3 is 11.1 Å². The van der Waals surface area contributed by atoms with Crippen molar-refractivity contribution in [1.29, 1.82) is 0 Å². The molecule has 1 saturated carbocycles. The molecule has 2 amide bonds.